The number of nitrogens with zero attached hydrogens (tertiary/aromatic N) is 4. The van der Waals surface area contributed by atoms with E-state index in [9.17, 15) is 0 Å². The fraction of sp³-hybridized carbons (Fsp3) is 0.875. The maximum Gasteiger partial charge on any atom is 0.188 e. The first-order valence-electron chi connectivity index (χ1n) is 4.70. The van der Waals surface area contributed by atoms with Crippen LogP contribution >= 0.6 is 0 Å². The van der Waals surface area contributed by atoms with Crippen LogP contribution in [0.15, 0.2) is 0 Å². The standard InChI is InChI=1S/C8H17N5O/c1-6(2)7(5-14)9-4-8-10-12-13(3)11-8/h6-7,9,14H,4-5H2,1-3H3. The van der Waals surface area contributed by atoms with Gasteiger partial charge in [-0.3, -0.25) is 0 Å². The highest BCUT2D eigenvalue weighted by molar-refractivity contribution is 4.78. The van der Waals surface area contributed by atoms with Crippen molar-refractivity contribution in [2.75, 3.05) is 6.61 Å². The Morgan fingerprint density at radius 2 is 2.21 bits per heavy atom. The molecule has 1 rings (SSSR count). The van der Waals surface area contributed by atoms with Crippen molar-refractivity contribution in [3.63, 3.8) is 0 Å². The van der Waals surface area contributed by atoms with Gasteiger partial charge >= 0.3 is 0 Å². The lowest BCUT2D eigenvalue weighted by atomic mass is 10.1. The number of aryl methyl sites for hydroxylation is 1. The topological polar surface area (TPSA) is 75.9 Å². The van der Waals surface area contributed by atoms with Crippen molar-refractivity contribution in [2.45, 2.75) is 26.4 Å². The molecule has 80 valence electrons. The average molecular weight is 199 g/mol. The normalized spacial score (nSPS) is 13.5. The molecule has 2 N–H and O–H groups in total. The molecule has 0 saturated carbocycles. The smallest absolute Gasteiger partial charge is 0.188 e. The number of aliphatic hydroxyl groups excluding tert-OH is 1. The van der Waals surface area contributed by atoms with Gasteiger partial charge in [0.1, 0.15) is 0 Å². The third-order valence-electron chi connectivity index (χ3n) is 2.07. The van der Waals surface area contributed by atoms with Gasteiger partial charge < -0.3 is 10.4 Å². The van der Waals surface area contributed by atoms with E-state index >= 15 is 0 Å². The van der Waals surface area contributed by atoms with E-state index in [0.717, 1.165) is 0 Å². The molecule has 0 aliphatic carbocycles. The van der Waals surface area contributed by atoms with E-state index in [2.05, 4.69) is 34.6 Å². The second-order valence-corrected chi connectivity index (χ2v) is 3.61. The van der Waals surface area contributed by atoms with Gasteiger partial charge in [-0.25, -0.2) is 0 Å². The Kier molecular flexibility index (Phi) is 3.97. The number of hydrogen-bond acceptors (Lipinski definition) is 5. The summed E-state index contributed by atoms with van der Waals surface area (Å²) in [5.74, 6) is 1.03. The van der Waals surface area contributed by atoms with Gasteiger partial charge in [0.05, 0.1) is 20.2 Å². The molecule has 1 heterocycles. The van der Waals surface area contributed by atoms with Crippen molar-refractivity contribution in [3.8, 4) is 0 Å². The zero-order valence-corrected chi connectivity index (χ0v) is 8.80. The van der Waals surface area contributed by atoms with E-state index in [4.69, 9.17) is 5.11 Å². The molecule has 14 heavy (non-hydrogen) atoms. The Hall–Kier alpha value is -1.01. The Morgan fingerprint density at radius 1 is 1.50 bits per heavy atom. The number of rotatable bonds is 5. The maximum absolute atomic E-state index is 9.06. The minimum atomic E-state index is 0.0822. The molecule has 0 aromatic carbocycles. The Morgan fingerprint density at radius 3 is 2.64 bits per heavy atom. The lowest BCUT2D eigenvalue weighted by Gasteiger charge is -2.18. The van der Waals surface area contributed by atoms with Crippen LogP contribution in [0.4, 0.5) is 0 Å². The van der Waals surface area contributed by atoms with Gasteiger partial charge in [-0.15, -0.1) is 10.2 Å². The molecule has 1 aromatic rings. The molecule has 0 amide bonds. The van der Waals surface area contributed by atoms with Crippen LogP contribution in [0, 0.1) is 5.92 Å². The Labute approximate surface area is 83.3 Å². The minimum absolute atomic E-state index is 0.0822. The fourth-order valence-corrected chi connectivity index (χ4v) is 1.13. The number of aromatic nitrogens is 4. The van der Waals surface area contributed by atoms with Crippen LogP contribution in [0.2, 0.25) is 0 Å². The molecule has 0 aliphatic rings. The van der Waals surface area contributed by atoms with Gasteiger partial charge in [0.2, 0.25) is 0 Å². The number of hydrogen-bond donors (Lipinski definition) is 2. The van der Waals surface area contributed by atoms with Crippen LogP contribution in [0.25, 0.3) is 0 Å². The molecule has 0 saturated heterocycles. The summed E-state index contributed by atoms with van der Waals surface area (Å²) >= 11 is 0. The molecule has 1 aromatic heterocycles. The van der Waals surface area contributed by atoms with Crippen LogP contribution < -0.4 is 5.32 Å². The zero-order chi connectivity index (χ0) is 10.6. The van der Waals surface area contributed by atoms with Gasteiger partial charge in [0.15, 0.2) is 5.82 Å². The van der Waals surface area contributed by atoms with Crippen molar-refractivity contribution in [3.05, 3.63) is 5.82 Å². The monoisotopic (exact) mass is 199 g/mol. The van der Waals surface area contributed by atoms with Gasteiger partial charge in [-0.05, 0) is 11.1 Å². The molecule has 0 fully saturated rings. The summed E-state index contributed by atoms with van der Waals surface area (Å²) in [7, 11) is 1.72. The molecular weight excluding hydrogens is 182 g/mol. The number of nitrogens with one attached hydrogen (secondary N) is 1. The quantitative estimate of drug-likeness (QED) is 0.657. The molecule has 1 atom stereocenters. The molecule has 0 radical (unpaired) electrons. The van der Waals surface area contributed by atoms with E-state index in [1.54, 1.807) is 7.05 Å². The molecule has 1 unspecified atom stereocenters. The van der Waals surface area contributed by atoms with E-state index in [1.807, 2.05) is 0 Å². The Balaban J connectivity index is 2.39. The fourth-order valence-electron chi connectivity index (χ4n) is 1.13. The van der Waals surface area contributed by atoms with Crippen LogP contribution in [-0.4, -0.2) is 38.0 Å². The lowest BCUT2D eigenvalue weighted by Crippen LogP contribution is -2.36. The minimum Gasteiger partial charge on any atom is -0.395 e. The average Bonchev–Trinajstić information content (AvgIpc) is 2.52. The highest BCUT2D eigenvalue weighted by Gasteiger charge is 2.12. The molecule has 0 spiro atoms. The van der Waals surface area contributed by atoms with Gasteiger partial charge in [-0.2, -0.15) is 4.80 Å². The Bertz CT molecular complexity index is 272. The summed E-state index contributed by atoms with van der Waals surface area (Å²) in [5.41, 5.74) is 0. The summed E-state index contributed by atoms with van der Waals surface area (Å²) in [6.07, 6.45) is 0. The van der Waals surface area contributed by atoms with Crippen molar-refractivity contribution in [1.29, 1.82) is 0 Å². The highest BCUT2D eigenvalue weighted by Crippen LogP contribution is 2.00. The third-order valence-corrected chi connectivity index (χ3v) is 2.07. The lowest BCUT2D eigenvalue weighted by molar-refractivity contribution is 0.209. The van der Waals surface area contributed by atoms with Crippen molar-refractivity contribution in [1.82, 2.24) is 25.5 Å². The van der Waals surface area contributed by atoms with Crippen LogP contribution in [0.3, 0.4) is 0 Å². The predicted octanol–water partition coefficient (Wildman–Crippen LogP) is -0.683. The first-order valence-corrected chi connectivity index (χ1v) is 4.70. The predicted molar refractivity (Wildman–Crippen MR) is 51.3 cm³/mol. The molecule has 0 aliphatic heterocycles. The molecule has 6 nitrogen and oxygen atoms in total. The number of aliphatic hydroxyl groups is 1. The van der Waals surface area contributed by atoms with Gasteiger partial charge in [0, 0.05) is 6.04 Å². The van der Waals surface area contributed by atoms with Crippen molar-refractivity contribution < 1.29 is 5.11 Å². The largest absolute Gasteiger partial charge is 0.395 e. The third kappa shape index (κ3) is 3.04. The second kappa shape index (κ2) is 5.02. The summed E-state index contributed by atoms with van der Waals surface area (Å²) in [6, 6.07) is 0.0822. The van der Waals surface area contributed by atoms with Crippen LogP contribution in [0.1, 0.15) is 19.7 Å². The summed E-state index contributed by atoms with van der Waals surface area (Å²) in [5, 5.41) is 23.8. The summed E-state index contributed by atoms with van der Waals surface area (Å²) < 4.78 is 0. The van der Waals surface area contributed by atoms with E-state index in [-0.39, 0.29) is 12.6 Å². The first-order chi connectivity index (χ1) is 6.63. The van der Waals surface area contributed by atoms with Crippen LogP contribution in [0.5, 0.6) is 0 Å². The first kappa shape index (κ1) is 11.1. The SMILES string of the molecule is CC(C)C(CO)NCc1nnn(C)n1. The van der Waals surface area contributed by atoms with Gasteiger partial charge in [-0.1, -0.05) is 13.8 Å². The molecular formula is C8H17N5O. The second-order valence-electron chi connectivity index (χ2n) is 3.61. The van der Waals surface area contributed by atoms with E-state index < -0.39 is 0 Å². The molecule has 0 bridgehead atoms. The van der Waals surface area contributed by atoms with E-state index in [0.29, 0.717) is 18.3 Å². The number of tetrazole rings is 1. The van der Waals surface area contributed by atoms with Crippen molar-refractivity contribution in [2.24, 2.45) is 13.0 Å². The van der Waals surface area contributed by atoms with Crippen molar-refractivity contribution >= 4 is 0 Å². The molecule has 6 heteroatoms. The maximum atomic E-state index is 9.06. The summed E-state index contributed by atoms with van der Waals surface area (Å²) in [4.78, 5) is 1.42. The van der Waals surface area contributed by atoms with Crippen LogP contribution in [-0.2, 0) is 13.6 Å². The van der Waals surface area contributed by atoms with E-state index in [1.165, 1.54) is 4.80 Å². The summed E-state index contributed by atoms with van der Waals surface area (Å²) in [6.45, 7) is 4.77. The van der Waals surface area contributed by atoms with Gasteiger partial charge in [0.25, 0.3) is 0 Å². The highest BCUT2D eigenvalue weighted by atomic mass is 16.3. The zero-order valence-electron chi connectivity index (χ0n) is 8.80.